The van der Waals surface area contributed by atoms with Crippen molar-refractivity contribution in [1.29, 1.82) is 0 Å². The number of allylic oxidation sites excluding steroid dienone is 4. The zero-order valence-corrected chi connectivity index (χ0v) is 37.0. The van der Waals surface area contributed by atoms with E-state index in [1.165, 1.54) is 16.7 Å². The first kappa shape index (κ1) is 39.6. The third-order valence-electron chi connectivity index (χ3n) is 11.2. The van der Waals surface area contributed by atoms with Crippen LogP contribution in [0.4, 0.5) is 17.1 Å². The fourth-order valence-corrected chi connectivity index (χ4v) is 8.03. The molecule has 0 amide bonds. The number of hydrogen-bond donors (Lipinski definition) is 0. The molecule has 0 N–H and O–H groups in total. The summed E-state index contributed by atoms with van der Waals surface area (Å²) in [6, 6.07) is 38.8. The average molecular weight is 942 g/mol. The van der Waals surface area contributed by atoms with Crippen LogP contribution >= 0.6 is 0 Å². The maximum absolute atomic E-state index is 6.62. The minimum Gasteiger partial charge on any atom is -0.509 e. The van der Waals surface area contributed by atoms with Crippen molar-refractivity contribution in [1.82, 2.24) is 14.4 Å². The second-order valence-corrected chi connectivity index (χ2v) is 18.4. The van der Waals surface area contributed by atoms with E-state index in [9.17, 15) is 0 Å². The van der Waals surface area contributed by atoms with Crippen LogP contribution in [0.25, 0.3) is 27.6 Å². The predicted molar refractivity (Wildman–Crippen MR) is 237 cm³/mol. The Morgan fingerprint density at radius 3 is 2.12 bits per heavy atom. The Labute approximate surface area is 358 Å². The van der Waals surface area contributed by atoms with Gasteiger partial charge in [-0.05, 0) is 74.9 Å². The fourth-order valence-electron chi connectivity index (χ4n) is 8.03. The van der Waals surface area contributed by atoms with Gasteiger partial charge in [0.1, 0.15) is 5.82 Å². The van der Waals surface area contributed by atoms with E-state index in [1.54, 1.807) is 0 Å². The summed E-state index contributed by atoms with van der Waals surface area (Å²) in [6.07, 6.45) is 8.86. The van der Waals surface area contributed by atoms with E-state index in [2.05, 4.69) is 203 Å². The van der Waals surface area contributed by atoms with Gasteiger partial charge in [0, 0.05) is 55.7 Å². The summed E-state index contributed by atoms with van der Waals surface area (Å²) < 4.78 is 8.81. The molecule has 6 aromatic rings. The minimum absolute atomic E-state index is 0. The summed E-state index contributed by atoms with van der Waals surface area (Å²) in [5.74, 6) is 7.87. The number of pyridine rings is 1. The molecule has 0 radical (unpaired) electrons. The van der Waals surface area contributed by atoms with E-state index in [0.717, 1.165) is 50.5 Å². The third kappa shape index (κ3) is 7.02. The molecule has 0 spiro atoms. The van der Waals surface area contributed by atoms with Crippen LogP contribution in [0.5, 0.6) is 11.5 Å². The van der Waals surface area contributed by atoms with Crippen molar-refractivity contribution in [2.75, 3.05) is 9.80 Å². The molecule has 0 atom stereocenters. The number of para-hydroxylation sites is 3. The molecule has 3 aliphatic heterocycles. The molecule has 2 aromatic heterocycles. The van der Waals surface area contributed by atoms with Gasteiger partial charge in [-0.15, -0.1) is 48.1 Å². The Kier molecular flexibility index (Phi) is 9.91. The second kappa shape index (κ2) is 14.5. The molecular formula is C50H49BN5OPt-3. The molecule has 0 saturated carbocycles. The van der Waals surface area contributed by atoms with Crippen molar-refractivity contribution in [2.24, 2.45) is 10.8 Å². The molecule has 4 aromatic carbocycles. The Hall–Kier alpha value is -5.26. The summed E-state index contributed by atoms with van der Waals surface area (Å²) >= 11 is 0. The molecule has 0 aliphatic carbocycles. The molecule has 5 heterocycles. The summed E-state index contributed by atoms with van der Waals surface area (Å²) in [7, 11) is 0. The van der Waals surface area contributed by atoms with Crippen molar-refractivity contribution in [3.8, 4) is 17.3 Å². The van der Waals surface area contributed by atoms with Gasteiger partial charge in [0.05, 0.1) is 5.82 Å². The van der Waals surface area contributed by atoms with Gasteiger partial charge < -0.3 is 23.9 Å². The smallest absolute Gasteiger partial charge is 0.313 e. The van der Waals surface area contributed by atoms with Gasteiger partial charge in [-0.3, -0.25) is 0 Å². The molecule has 58 heavy (non-hydrogen) atoms. The third-order valence-corrected chi connectivity index (χ3v) is 11.2. The van der Waals surface area contributed by atoms with Gasteiger partial charge >= 0.3 is 6.85 Å². The Morgan fingerprint density at radius 1 is 0.672 bits per heavy atom. The van der Waals surface area contributed by atoms with Crippen molar-refractivity contribution < 1.29 is 25.8 Å². The predicted octanol–water partition coefficient (Wildman–Crippen LogP) is 12.6. The number of benzene rings is 4. The Morgan fingerprint density at radius 2 is 1.38 bits per heavy atom. The Balaban J connectivity index is 0.00000469. The summed E-state index contributed by atoms with van der Waals surface area (Å²) in [4.78, 5) is 11.9. The van der Waals surface area contributed by atoms with Crippen molar-refractivity contribution >= 4 is 45.7 Å². The number of nitrogens with zero attached hydrogens (tertiary/aromatic N) is 5. The van der Waals surface area contributed by atoms with Crippen LogP contribution in [0.1, 0.15) is 67.9 Å². The second-order valence-electron chi connectivity index (χ2n) is 18.4. The van der Waals surface area contributed by atoms with Gasteiger partial charge in [0.2, 0.25) is 0 Å². The molecule has 3 aliphatic rings. The average Bonchev–Trinajstić information content (AvgIpc) is 3.72. The van der Waals surface area contributed by atoms with E-state index in [1.807, 2.05) is 24.4 Å². The minimum atomic E-state index is -0.0987. The van der Waals surface area contributed by atoms with E-state index in [0.29, 0.717) is 11.5 Å². The normalized spacial score (nSPS) is 15.6. The van der Waals surface area contributed by atoms with Crippen molar-refractivity contribution in [3.63, 3.8) is 0 Å². The molecule has 0 fully saturated rings. The first-order valence-corrected chi connectivity index (χ1v) is 19.9. The molecule has 0 bridgehead atoms. The van der Waals surface area contributed by atoms with Crippen LogP contribution in [-0.4, -0.2) is 21.2 Å². The van der Waals surface area contributed by atoms with Crippen LogP contribution in [-0.2, 0) is 26.5 Å². The zero-order chi connectivity index (χ0) is 39.9. The van der Waals surface area contributed by atoms with Gasteiger partial charge in [-0.1, -0.05) is 122 Å². The number of fused-ring (bicyclic) bond motifs is 5. The molecule has 6 nitrogen and oxygen atoms in total. The van der Waals surface area contributed by atoms with Crippen LogP contribution in [0, 0.1) is 29.6 Å². The van der Waals surface area contributed by atoms with Crippen molar-refractivity contribution in [3.05, 3.63) is 169 Å². The first-order chi connectivity index (χ1) is 27.1. The first-order valence-electron chi connectivity index (χ1n) is 19.9. The molecule has 0 saturated heterocycles. The largest absolute Gasteiger partial charge is 0.509 e. The SMILES string of the molecule is CC(C)(C)C1=CN2B(C=C1)C=CC(C(C)(C)C)=C2N1[CH-]N(c2[c-]c(Oc3[c-]c4c(cc3)c3ccccc3n4-c3cc(C(C)(C)C)ccn3)ccc2)c2ccccc21.[Pt]. The van der Waals surface area contributed by atoms with Gasteiger partial charge in [-0.25, -0.2) is 4.98 Å². The quantitative estimate of drug-likeness (QED) is 0.127. The van der Waals surface area contributed by atoms with E-state index in [4.69, 9.17) is 9.72 Å². The fraction of sp³-hybridized carbons (Fsp3) is 0.240. The molecule has 9 rings (SSSR count). The standard InChI is InChI=1S/C50H49BN5O.Pt/c1-48(2,3)34-25-28-52-46(29-34)56-42-18-11-10-17-39(42)40-22-21-38(31-45(40)56)57-37-16-14-15-36(30-37)53-33-54(44-20-13-12-19-43(44)53)47-41(50(7,8)9)24-27-51-26-23-35(32-55(47)51)49(4,5)6;/h10-29,32-33H,1-9H3;/q-3;. The van der Waals surface area contributed by atoms with Crippen LogP contribution < -0.4 is 14.5 Å². The number of anilines is 3. The Bertz CT molecular complexity index is 2690. The van der Waals surface area contributed by atoms with E-state index in [-0.39, 0.29) is 44.2 Å². The number of ether oxygens (including phenoxy) is 1. The topological polar surface area (TPSA) is 36.8 Å². The summed E-state index contributed by atoms with van der Waals surface area (Å²) in [5, 5.41) is 2.24. The zero-order valence-electron chi connectivity index (χ0n) is 34.7. The van der Waals surface area contributed by atoms with E-state index >= 15 is 0 Å². The number of rotatable bonds is 5. The maximum Gasteiger partial charge on any atom is 0.313 e. The van der Waals surface area contributed by atoms with Crippen molar-refractivity contribution in [2.45, 2.75) is 67.7 Å². The monoisotopic (exact) mass is 941 g/mol. The van der Waals surface area contributed by atoms with Gasteiger partial charge in [0.15, 0.2) is 0 Å². The number of hydrogen-bond acceptors (Lipinski definition) is 5. The molecule has 0 unspecified atom stereocenters. The summed E-state index contributed by atoms with van der Waals surface area (Å²) in [5.41, 5.74) is 8.76. The van der Waals surface area contributed by atoms with Gasteiger partial charge in [0.25, 0.3) is 0 Å². The van der Waals surface area contributed by atoms with Crippen LogP contribution in [0.3, 0.4) is 0 Å². The number of aromatic nitrogens is 2. The van der Waals surface area contributed by atoms with Gasteiger partial charge in [-0.2, -0.15) is 12.1 Å². The van der Waals surface area contributed by atoms with E-state index < -0.39 is 0 Å². The summed E-state index contributed by atoms with van der Waals surface area (Å²) in [6.45, 7) is 22.7. The molecule has 8 heteroatoms. The maximum atomic E-state index is 6.62. The van der Waals surface area contributed by atoms with Crippen LogP contribution in [0.15, 0.2) is 144 Å². The molecule has 296 valence electrons. The molecular weight excluding hydrogens is 892 g/mol. The van der Waals surface area contributed by atoms with Crippen LogP contribution in [0.2, 0.25) is 0 Å².